The lowest BCUT2D eigenvalue weighted by atomic mass is 10.2. The molecule has 2 aliphatic heterocycles. The van der Waals surface area contributed by atoms with Gasteiger partial charge in [0.2, 0.25) is 5.91 Å². The highest BCUT2D eigenvalue weighted by Crippen LogP contribution is 2.17. The fourth-order valence-electron chi connectivity index (χ4n) is 2.89. The van der Waals surface area contributed by atoms with E-state index in [9.17, 15) is 4.79 Å². The number of benzene rings is 1. The molecule has 0 aliphatic carbocycles. The quantitative estimate of drug-likeness (QED) is 0.897. The molecule has 0 spiro atoms. The first kappa shape index (κ1) is 15.3. The fourth-order valence-corrected chi connectivity index (χ4v) is 2.89. The van der Waals surface area contributed by atoms with Gasteiger partial charge < -0.3 is 14.8 Å². The lowest BCUT2D eigenvalue weighted by molar-refractivity contribution is -0.120. The van der Waals surface area contributed by atoms with Crippen LogP contribution in [0.1, 0.15) is 24.8 Å². The molecule has 0 radical (unpaired) electrons. The molecule has 2 heterocycles. The maximum absolute atomic E-state index is 11.3. The lowest BCUT2D eigenvalue weighted by Crippen LogP contribution is -2.28. The Morgan fingerprint density at radius 3 is 2.91 bits per heavy atom. The molecule has 0 aromatic heterocycles. The largest absolute Gasteiger partial charge is 0.491 e. The van der Waals surface area contributed by atoms with Crippen LogP contribution >= 0.6 is 0 Å². The van der Waals surface area contributed by atoms with Crippen molar-refractivity contribution in [3.63, 3.8) is 0 Å². The molecular weight excluding hydrogens is 280 g/mol. The van der Waals surface area contributed by atoms with Gasteiger partial charge in [-0.25, -0.2) is 0 Å². The molecular formula is C17H24N2O3. The summed E-state index contributed by atoms with van der Waals surface area (Å²) in [4.78, 5) is 13.6. The number of rotatable bonds is 5. The first-order valence-corrected chi connectivity index (χ1v) is 8.12. The second-order valence-electron chi connectivity index (χ2n) is 5.97. The van der Waals surface area contributed by atoms with Crippen molar-refractivity contribution < 1.29 is 14.3 Å². The molecule has 1 atom stereocenters. The molecule has 1 unspecified atom stereocenters. The molecule has 1 N–H and O–H groups in total. The maximum atomic E-state index is 11.3. The van der Waals surface area contributed by atoms with Crippen molar-refractivity contribution in [2.24, 2.45) is 0 Å². The molecule has 1 aromatic rings. The van der Waals surface area contributed by atoms with Gasteiger partial charge in [-0.3, -0.25) is 9.69 Å². The number of carbonyl (C=O) groups is 1. The Hall–Kier alpha value is -1.59. The van der Waals surface area contributed by atoms with Crippen molar-refractivity contribution in [1.29, 1.82) is 0 Å². The lowest BCUT2D eigenvalue weighted by Gasteiger charge is -2.19. The van der Waals surface area contributed by atoms with Crippen LogP contribution in [-0.4, -0.2) is 49.8 Å². The summed E-state index contributed by atoms with van der Waals surface area (Å²) in [6.45, 7) is 4.84. The minimum absolute atomic E-state index is 0.153. The first-order chi connectivity index (χ1) is 10.8. The third-order valence-electron chi connectivity index (χ3n) is 4.19. The van der Waals surface area contributed by atoms with E-state index in [4.69, 9.17) is 9.47 Å². The minimum Gasteiger partial charge on any atom is -0.491 e. The van der Waals surface area contributed by atoms with E-state index in [1.54, 1.807) is 0 Å². The van der Waals surface area contributed by atoms with Gasteiger partial charge in [-0.1, -0.05) is 12.1 Å². The number of ether oxygens (including phenoxy) is 2. The Kier molecular flexibility index (Phi) is 5.29. The number of nitrogens with one attached hydrogen (secondary N) is 1. The van der Waals surface area contributed by atoms with E-state index in [0.29, 0.717) is 13.0 Å². The van der Waals surface area contributed by atoms with Crippen molar-refractivity contribution in [2.75, 3.05) is 32.8 Å². The third-order valence-corrected chi connectivity index (χ3v) is 4.19. The zero-order valence-corrected chi connectivity index (χ0v) is 12.9. The van der Waals surface area contributed by atoms with Crippen LogP contribution in [0.3, 0.4) is 0 Å². The van der Waals surface area contributed by atoms with Crippen LogP contribution in [0.15, 0.2) is 24.3 Å². The van der Waals surface area contributed by atoms with Crippen molar-refractivity contribution in [3.05, 3.63) is 29.8 Å². The monoisotopic (exact) mass is 304 g/mol. The summed E-state index contributed by atoms with van der Waals surface area (Å²) in [5, 5.41) is 2.90. The second-order valence-corrected chi connectivity index (χ2v) is 5.97. The van der Waals surface area contributed by atoms with E-state index in [1.807, 2.05) is 12.1 Å². The van der Waals surface area contributed by atoms with Crippen LogP contribution in [0.4, 0.5) is 0 Å². The molecule has 22 heavy (non-hydrogen) atoms. The highest BCUT2D eigenvalue weighted by Gasteiger charge is 2.16. The normalized spacial score (nSPS) is 23.1. The molecule has 2 saturated heterocycles. The highest BCUT2D eigenvalue weighted by atomic mass is 16.5. The van der Waals surface area contributed by atoms with Gasteiger partial charge in [0.25, 0.3) is 0 Å². The summed E-state index contributed by atoms with van der Waals surface area (Å²) in [6, 6.07) is 8.24. The Bertz CT molecular complexity index is 483. The van der Waals surface area contributed by atoms with Gasteiger partial charge in [0.05, 0.1) is 6.10 Å². The van der Waals surface area contributed by atoms with Gasteiger partial charge in [-0.05, 0) is 30.5 Å². The summed E-state index contributed by atoms with van der Waals surface area (Å²) >= 11 is 0. The first-order valence-electron chi connectivity index (χ1n) is 8.12. The van der Waals surface area contributed by atoms with E-state index in [-0.39, 0.29) is 12.0 Å². The molecule has 2 aliphatic rings. The smallest absolute Gasteiger partial charge is 0.221 e. The third kappa shape index (κ3) is 4.45. The molecule has 5 heteroatoms. The summed E-state index contributed by atoms with van der Waals surface area (Å²) in [5.41, 5.74) is 1.25. The van der Waals surface area contributed by atoms with Gasteiger partial charge in [0.15, 0.2) is 0 Å². The van der Waals surface area contributed by atoms with Crippen molar-refractivity contribution in [1.82, 2.24) is 10.2 Å². The van der Waals surface area contributed by atoms with Crippen LogP contribution in [0.2, 0.25) is 0 Å². The zero-order valence-electron chi connectivity index (χ0n) is 12.9. The Balaban J connectivity index is 1.47. The molecule has 1 amide bonds. The minimum atomic E-state index is 0.153. The zero-order chi connectivity index (χ0) is 15.2. The van der Waals surface area contributed by atoms with E-state index < -0.39 is 0 Å². The molecule has 3 rings (SSSR count). The topological polar surface area (TPSA) is 50.8 Å². The van der Waals surface area contributed by atoms with E-state index in [0.717, 1.165) is 51.4 Å². The van der Waals surface area contributed by atoms with Crippen LogP contribution in [0.25, 0.3) is 0 Å². The number of nitrogens with zero attached hydrogens (tertiary/aromatic N) is 1. The fraction of sp³-hybridized carbons (Fsp3) is 0.588. The average molecular weight is 304 g/mol. The second kappa shape index (κ2) is 7.61. The van der Waals surface area contributed by atoms with Crippen LogP contribution in [-0.2, 0) is 16.1 Å². The summed E-state index contributed by atoms with van der Waals surface area (Å²) in [7, 11) is 0. The number of hydrogen-bond acceptors (Lipinski definition) is 4. The molecule has 120 valence electrons. The van der Waals surface area contributed by atoms with Crippen LogP contribution in [0.5, 0.6) is 5.75 Å². The van der Waals surface area contributed by atoms with Crippen LogP contribution < -0.4 is 10.1 Å². The SMILES string of the molecule is O=C1CCN(Cc2ccc(OCC3CCCO3)cc2)CCN1. The Labute approximate surface area is 131 Å². The summed E-state index contributed by atoms with van der Waals surface area (Å²) in [5.74, 6) is 1.05. The van der Waals surface area contributed by atoms with Crippen molar-refractivity contribution >= 4 is 5.91 Å². The Morgan fingerprint density at radius 1 is 1.27 bits per heavy atom. The molecule has 0 saturated carbocycles. The summed E-state index contributed by atoms with van der Waals surface area (Å²) in [6.07, 6.45) is 3.07. The Morgan fingerprint density at radius 2 is 2.14 bits per heavy atom. The van der Waals surface area contributed by atoms with Gasteiger partial charge >= 0.3 is 0 Å². The van der Waals surface area contributed by atoms with Gasteiger partial charge in [0.1, 0.15) is 12.4 Å². The molecule has 2 fully saturated rings. The van der Waals surface area contributed by atoms with E-state index in [2.05, 4.69) is 22.3 Å². The number of hydrogen-bond donors (Lipinski definition) is 1. The number of amides is 1. The van der Waals surface area contributed by atoms with Gasteiger partial charge in [-0.2, -0.15) is 0 Å². The maximum Gasteiger partial charge on any atom is 0.221 e. The van der Waals surface area contributed by atoms with E-state index >= 15 is 0 Å². The van der Waals surface area contributed by atoms with Gasteiger partial charge in [-0.15, -0.1) is 0 Å². The highest BCUT2D eigenvalue weighted by molar-refractivity contribution is 5.76. The predicted molar refractivity (Wildman–Crippen MR) is 83.8 cm³/mol. The van der Waals surface area contributed by atoms with Crippen LogP contribution in [0, 0.1) is 0 Å². The standard InChI is InChI=1S/C17H24N2O3/c20-17-7-9-19(10-8-18-17)12-14-3-5-15(6-4-14)22-13-16-2-1-11-21-16/h3-6,16H,1-2,7-13H2,(H,18,20). The van der Waals surface area contributed by atoms with Crippen molar-refractivity contribution in [2.45, 2.75) is 31.9 Å². The van der Waals surface area contributed by atoms with E-state index in [1.165, 1.54) is 5.56 Å². The van der Waals surface area contributed by atoms with Crippen molar-refractivity contribution in [3.8, 4) is 5.75 Å². The molecule has 1 aromatic carbocycles. The molecule has 5 nitrogen and oxygen atoms in total. The van der Waals surface area contributed by atoms with Gasteiger partial charge in [0, 0.05) is 39.2 Å². The number of carbonyl (C=O) groups excluding carboxylic acids is 1. The average Bonchev–Trinajstić information content (AvgIpc) is 2.97. The molecule has 0 bridgehead atoms. The predicted octanol–water partition coefficient (Wildman–Crippen LogP) is 1.57. The summed E-state index contributed by atoms with van der Waals surface area (Å²) < 4.78 is 11.3.